The van der Waals surface area contributed by atoms with Crippen LogP contribution in [-0.4, -0.2) is 19.0 Å². The molecule has 6 heavy (non-hydrogen) atoms. The SMILES string of the molecule is CN(C)/C=C/I. The molecule has 0 heterocycles. The molecule has 2 heteroatoms. The van der Waals surface area contributed by atoms with E-state index in [1.807, 2.05) is 29.3 Å². The van der Waals surface area contributed by atoms with Crippen molar-refractivity contribution in [1.29, 1.82) is 0 Å². The number of hydrogen-bond donors (Lipinski definition) is 0. The van der Waals surface area contributed by atoms with Crippen molar-refractivity contribution in [1.82, 2.24) is 4.90 Å². The molecule has 0 aliphatic heterocycles. The minimum absolute atomic E-state index is 1.97. The van der Waals surface area contributed by atoms with Crippen LogP contribution in [0.3, 0.4) is 0 Å². The molecule has 0 N–H and O–H groups in total. The van der Waals surface area contributed by atoms with Gasteiger partial charge < -0.3 is 4.90 Å². The van der Waals surface area contributed by atoms with Crippen molar-refractivity contribution in [2.75, 3.05) is 14.1 Å². The maximum atomic E-state index is 2.18. The normalized spacial score (nSPS) is 9.83. The molecule has 0 spiro atoms. The van der Waals surface area contributed by atoms with Crippen LogP contribution in [0, 0.1) is 0 Å². The fraction of sp³-hybridized carbons (Fsp3) is 0.500. The van der Waals surface area contributed by atoms with Crippen LogP contribution >= 0.6 is 22.6 Å². The lowest BCUT2D eigenvalue weighted by molar-refractivity contribution is 0.565. The average Bonchev–Trinajstić information content (AvgIpc) is 1.35. The first kappa shape index (κ1) is 6.27. The molecule has 0 aliphatic rings. The zero-order valence-electron chi connectivity index (χ0n) is 3.98. The zero-order valence-corrected chi connectivity index (χ0v) is 6.14. The van der Waals surface area contributed by atoms with Gasteiger partial charge in [-0.1, -0.05) is 22.6 Å². The number of hydrogen-bond acceptors (Lipinski definition) is 1. The third kappa shape index (κ3) is 4.27. The maximum Gasteiger partial charge on any atom is 0.00557 e. The Hall–Kier alpha value is 0.270. The van der Waals surface area contributed by atoms with Gasteiger partial charge in [-0.25, -0.2) is 0 Å². The van der Waals surface area contributed by atoms with Crippen molar-refractivity contribution < 1.29 is 0 Å². The van der Waals surface area contributed by atoms with Gasteiger partial charge in [-0.3, -0.25) is 0 Å². The quantitative estimate of drug-likeness (QED) is 0.575. The van der Waals surface area contributed by atoms with Crippen LogP contribution in [0.4, 0.5) is 0 Å². The summed E-state index contributed by atoms with van der Waals surface area (Å²) in [4.78, 5) is 1.99. The van der Waals surface area contributed by atoms with E-state index in [9.17, 15) is 0 Å². The van der Waals surface area contributed by atoms with Gasteiger partial charge in [0.15, 0.2) is 0 Å². The number of nitrogens with zero attached hydrogens (tertiary/aromatic N) is 1. The lowest BCUT2D eigenvalue weighted by Crippen LogP contribution is -1.98. The van der Waals surface area contributed by atoms with Gasteiger partial charge in [-0.2, -0.15) is 0 Å². The molecule has 0 saturated heterocycles. The summed E-state index contributed by atoms with van der Waals surface area (Å²) in [5, 5.41) is 0. The molecule has 0 aromatic rings. The van der Waals surface area contributed by atoms with Crippen LogP contribution in [0.5, 0.6) is 0 Å². The summed E-state index contributed by atoms with van der Waals surface area (Å²) in [5.74, 6) is 0. The summed E-state index contributed by atoms with van der Waals surface area (Å²) in [6.45, 7) is 0. The summed E-state index contributed by atoms with van der Waals surface area (Å²) in [7, 11) is 3.99. The molecular formula is C4H8IN. The van der Waals surface area contributed by atoms with Gasteiger partial charge in [-0.15, -0.1) is 0 Å². The van der Waals surface area contributed by atoms with Gasteiger partial charge in [0.1, 0.15) is 0 Å². The summed E-state index contributed by atoms with van der Waals surface area (Å²) < 4.78 is 1.97. The molecule has 0 saturated carbocycles. The number of rotatable bonds is 1. The summed E-state index contributed by atoms with van der Waals surface area (Å²) >= 11 is 2.18. The highest BCUT2D eigenvalue weighted by Gasteiger charge is 1.66. The molecule has 36 valence electrons. The van der Waals surface area contributed by atoms with Gasteiger partial charge in [0, 0.05) is 20.3 Å². The van der Waals surface area contributed by atoms with E-state index in [2.05, 4.69) is 22.6 Å². The molecule has 0 fully saturated rings. The van der Waals surface area contributed by atoms with Crippen molar-refractivity contribution >= 4 is 22.6 Å². The Balaban J connectivity index is 3.03. The predicted molar refractivity (Wildman–Crippen MR) is 36.8 cm³/mol. The van der Waals surface area contributed by atoms with E-state index in [1.165, 1.54) is 0 Å². The molecule has 0 atom stereocenters. The Morgan fingerprint density at radius 2 is 2.00 bits per heavy atom. The zero-order chi connectivity index (χ0) is 4.99. The minimum atomic E-state index is 1.97. The highest BCUT2D eigenvalue weighted by atomic mass is 127. The summed E-state index contributed by atoms with van der Waals surface area (Å²) in [6, 6.07) is 0. The van der Waals surface area contributed by atoms with Crippen LogP contribution in [-0.2, 0) is 0 Å². The molecular weight excluding hydrogens is 189 g/mol. The highest BCUT2D eigenvalue weighted by molar-refractivity contribution is 14.1. The Morgan fingerprint density at radius 1 is 1.50 bits per heavy atom. The third-order valence-electron chi connectivity index (χ3n) is 0.354. The lowest BCUT2D eigenvalue weighted by atomic mass is 10.9. The van der Waals surface area contributed by atoms with Crippen molar-refractivity contribution in [3.8, 4) is 0 Å². The number of halogens is 1. The van der Waals surface area contributed by atoms with E-state index >= 15 is 0 Å². The van der Waals surface area contributed by atoms with Gasteiger partial charge in [0.2, 0.25) is 0 Å². The summed E-state index contributed by atoms with van der Waals surface area (Å²) in [5.41, 5.74) is 0. The van der Waals surface area contributed by atoms with E-state index in [0.29, 0.717) is 0 Å². The summed E-state index contributed by atoms with van der Waals surface area (Å²) in [6.07, 6.45) is 1.99. The lowest BCUT2D eigenvalue weighted by Gasteiger charge is -1.99. The first-order chi connectivity index (χ1) is 2.77. The van der Waals surface area contributed by atoms with Crippen molar-refractivity contribution in [3.05, 3.63) is 10.3 Å². The van der Waals surface area contributed by atoms with Crippen LogP contribution in [0.15, 0.2) is 10.3 Å². The van der Waals surface area contributed by atoms with Crippen molar-refractivity contribution in [3.63, 3.8) is 0 Å². The Kier molecular flexibility index (Phi) is 3.62. The third-order valence-corrected chi connectivity index (χ3v) is 0.676. The Morgan fingerprint density at radius 3 is 2.00 bits per heavy atom. The van der Waals surface area contributed by atoms with E-state index < -0.39 is 0 Å². The first-order valence-corrected chi connectivity index (χ1v) is 2.95. The molecule has 0 radical (unpaired) electrons. The first-order valence-electron chi connectivity index (χ1n) is 1.70. The molecule has 0 aromatic carbocycles. The molecule has 0 unspecified atom stereocenters. The average molecular weight is 197 g/mol. The Labute approximate surface area is 52.2 Å². The van der Waals surface area contributed by atoms with Crippen LogP contribution in [0.2, 0.25) is 0 Å². The molecule has 1 nitrogen and oxygen atoms in total. The van der Waals surface area contributed by atoms with Gasteiger partial charge >= 0.3 is 0 Å². The van der Waals surface area contributed by atoms with Gasteiger partial charge in [0.05, 0.1) is 0 Å². The standard InChI is InChI=1S/C4H8IN/c1-6(2)4-3-5/h3-4H,1-2H3/b4-3+. The fourth-order valence-corrected chi connectivity index (χ4v) is 0.756. The molecule has 0 aliphatic carbocycles. The smallest absolute Gasteiger partial charge is 0.00557 e. The fourth-order valence-electron chi connectivity index (χ4n) is 0.113. The van der Waals surface area contributed by atoms with E-state index in [-0.39, 0.29) is 0 Å². The monoisotopic (exact) mass is 197 g/mol. The van der Waals surface area contributed by atoms with Gasteiger partial charge in [0.25, 0.3) is 0 Å². The maximum absolute atomic E-state index is 2.18. The second-order valence-corrected chi connectivity index (χ2v) is 1.96. The molecule has 0 bridgehead atoms. The van der Waals surface area contributed by atoms with E-state index in [1.54, 1.807) is 0 Å². The molecule has 0 amide bonds. The molecule has 0 rings (SSSR count). The van der Waals surface area contributed by atoms with E-state index in [0.717, 1.165) is 0 Å². The minimum Gasteiger partial charge on any atom is -0.383 e. The predicted octanol–water partition coefficient (Wildman–Crippen LogP) is 1.45. The van der Waals surface area contributed by atoms with Crippen LogP contribution < -0.4 is 0 Å². The van der Waals surface area contributed by atoms with Crippen molar-refractivity contribution in [2.45, 2.75) is 0 Å². The van der Waals surface area contributed by atoms with Gasteiger partial charge in [-0.05, 0) is 4.08 Å². The highest BCUT2D eigenvalue weighted by Crippen LogP contribution is 1.83. The molecule has 0 aromatic heterocycles. The second kappa shape index (κ2) is 3.46. The van der Waals surface area contributed by atoms with Crippen LogP contribution in [0.25, 0.3) is 0 Å². The topological polar surface area (TPSA) is 3.24 Å². The van der Waals surface area contributed by atoms with E-state index in [4.69, 9.17) is 0 Å². The largest absolute Gasteiger partial charge is 0.383 e. The second-order valence-electron chi connectivity index (χ2n) is 1.24. The van der Waals surface area contributed by atoms with Crippen LogP contribution in [0.1, 0.15) is 0 Å². The van der Waals surface area contributed by atoms with Crippen molar-refractivity contribution in [2.24, 2.45) is 0 Å². The Bertz CT molecular complexity index is 49.5.